The summed E-state index contributed by atoms with van der Waals surface area (Å²) in [4.78, 5) is 4.47. The molecule has 0 aliphatic heterocycles. The predicted molar refractivity (Wildman–Crippen MR) is 75.8 cm³/mol. The van der Waals surface area contributed by atoms with E-state index in [1.165, 1.54) is 37.1 Å². The van der Waals surface area contributed by atoms with Crippen LogP contribution in [0.15, 0.2) is 6.33 Å². The average Bonchev–Trinajstić information content (AvgIpc) is 2.71. The zero-order valence-electron chi connectivity index (χ0n) is 12.2. The highest BCUT2D eigenvalue weighted by molar-refractivity contribution is 5.11. The molecule has 1 fully saturated rings. The first-order valence-electron chi connectivity index (χ1n) is 7.40. The van der Waals surface area contributed by atoms with Crippen molar-refractivity contribution in [1.82, 2.24) is 14.9 Å². The van der Waals surface area contributed by atoms with E-state index in [0.29, 0.717) is 12.1 Å². The van der Waals surface area contributed by atoms with Gasteiger partial charge in [-0.05, 0) is 45.6 Å². The molecule has 0 bridgehead atoms. The van der Waals surface area contributed by atoms with Gasteiger partial charge >= 0.3 is 0 Å². The van der Waals surface area contributed by atoms with Gasteiger partial charge in [-0.2, -0.15) is 0 Å². The van der Waals surface area contributed by atoms with Crippen molar-refractivity contribution >= 4 is 0 Å². The second-order valence-corrected chi connectivity index (χ2v) is 5.64. The lowest BCUT2D eigenvalue weighted by Gasteiger charge is -2.37. The highest BCUT2D eigenvalue weighted by Gasteiger charge is 2.31. The Morgan fingerprint density at radius 1 is 1.33 bits per heavy atom. The van der Waals surface area contributed by atoms with E-state index in [9.17, 15) is 0 Å². The van der Waals surface area contributed by atoms with Gasteiger partial charge in [0.2, 0.25) is 0 Å². The minimum absolute atomic E-state index is 0.588. The first-order valence-corrected chi connectivity index (χ1v) is 7.40. The molecule has 0 amide bonds. The van der Waals surface area contributed by atoms with Crippen molar-refractivity contribution in [3.63, 3.8) is 0 Å². The smallest absolute Gasteiger partial charge is 0.0954 e. The van der Waals surface area contributed by atoms with Crippen LogP contribution >= 0.6 is 0 Å². The number of hydrogen-bond donors (Lipinski definition) is 1. The van der Waals surface area contributed by atoms with E-state index in [0.717, 1.165) is 12.5 Å². The number of nitrogens with one attached hydrogen (secondary N) is 1. The van der Waals surface area contributed by atoms with Crippen LogP contribution in [0.4, 0.5) is 0 Å². The van der Waals surface area contributed by atoms with Gasteiger partial charge in [0.25, 0.3) is 0 Å². The summed E-state index contributed by atoms with van der Waals surface area (Å²) >= 11 is 0. The molecule has 1 aliphatic rings. The highest BCUT2D eigenvalue weighted by atomic mass is 15.1. The number of nitrogens with zero attached hydrogens (tertiary/aromatic N) is 2. The first-order chi connectivity index (χ1) is 8.67. The van der Waals surface area contributed by atoms with Crippen molar-refractivity contribution in [3.8, 4) is 0 Å². The number of aromatic nitrogens is 2. The van der Waals surface area contributed by atoms with Crippen LogP contribution < -0.4 is 5.32 Å². The van der Waals surface area contributed by atoms with Gasteiger partial charge in [0, 0.05) is 11.7 Å². The third-order valence-corrected chi connectivity index (χ3v) is 4.61. The summed E-state index contributed by atoms with van der Waals surface area (Å²) in [5.74, 6) is 0.881. The second kappa shape index (κ2) is 5.87. The minimum atomic E-state index is 0.588. The van der Waals surface area contributed by atoms with Gasteiger partial charge in [-0.25, -0.2) is 4.98 Å². The lowest BCUT2D eigenvalue weighted by Crippen LogP contribution is -2.41. The van der Waals surface area contributed by atoms with Gasteiger partial charge in [0.1, 0.15) is 0 Å². The van der Waals surface area contributed by atoms with E-state index in [2.05, 4.69) is 42.6 Å². The molecule has 1 heterocycles. The average molecular weight is 249 g/mol. The molecule has 0 spiro atoms. The molecule has 1 aromatic rings. The number of rotatable bonds is 4. The van der Waals surface area contributed by atoms with Crippen molar-refractivity contribution in [1.29, 1.82) is 0 Å². The molecule has 2 rings (SSSR count). The van der Waals surface area contributed by atoms with Crippen molar-refractivity contribution < 1.29 is 0 Å². The second-order valence-electron chi connectivity index (χ2n) is 5.64. The minimum Gasteiger partial charge on any atom is -0.330 e. The fraction of sp³-hybridized carbons (Fsp3) is 0.800. The monoisotopic (exact) mass is 249 g/mol. The predicted octanol–water partition coefficient (Wildman–Crippen LogP) is 3.23. The van der Waals surface area contributed by atoms with E-state index < -0.39 is 0 Å². The molecule has 0 radical (unpaired) electrons. The molecule has 1 saturated carbocycles. The summed E-state index contributed by atoms with van der Waals surface area (Å²) in [6.45, 7) is 9.89. The molecule has 18 heavy (non-hydrogen) atoms. The van der Waals surface area contributed by atoms with Gasteiger partial charge in [-0.3, -0.25) is 0 Å². The van der Waals surface area contributed by atoms with Crippen LogP contribution in [0.1, 0.15) is 57.0 Å². The van der Waals surface area contributed by atoms with Gasteiger partial charge < -0.3 is 9.88 Å². The van der Waals surface area contributed by atoms with E-state index >= 15 is 0 Å². The van der Waals surface area contributed by atoms with E-state index in [1.807, 2.05) is 6.33 Å². The molecule has 1 aromatic heterocycles. The fourth-order valence-corrected chi connectivity index (χ4v) is 3.26. The summed E-state index contributed by atoms with van der Waals surface area (Å²) in [5.41, 5.74) is 2.50. The Balaban J connectivity index is 2.21. The van der Waals surface area contributed by atoms with E-state index in [4.69, 9.17) is 0 Å². The standard InChI is InChI=1S/C15H27N3/c1-5-13-7-8-14(16-6-2)15(9-13)18-10-17-11(3)12(18)4/h10,13-16H,5-9H2,1-4H3. The Morgan fingerprint density at radius 3 is 2.67 bits per heavy atom. The molecule has 3 atom stereocenters. The largest absolute Gasteiger partial charge is 0.330 e. The molecular formula is C15H27N3. The van der Waals surface area contributed by atoms with Gasteiger partial charge in [-0.15, -0.1) is 0 Å². The van der Waals surface area contributed by atoms with Crippen molar-refractivity contribution in [3.05, 3.63) is 17.7 Å². The van der Waals surface area contributed by atoms with Crippen LogP contribution in [0.3, 0.4) is 0 Å². The highest BCUT2D eigenvalue weighted by Crippen LogP contribution is 2.35. The maximum absolute atomic E-state index is 4.47. The van der Waals surface area contributed by atoms with Crippen molar-refractivity contribution in [2.45, 2.75) is 65.5 Å². The number of aryl methyl sites for hydroxylation is 1. The topological polar surface area (TPSA) is 29.9 Å². The lowest BCUT2D eigenvalue weighted by atomic mass is 9.80. The molecule has 3 unspecified atom stereocenters. The van der Waals surface area contributed by atoms with Crippen LogP contribution in [0.5, 0.6) is 0 Å². The lowest BCUT2D eigenvalue weighted by molar-refractivity contribution is 0.201. The van der Waals surface area contributed by atoms with Crippen LogP contribution in [0.25, 0.3) is 0 Å². The third kappa shape index (κ3) is 2.61. The fourth-order valence-electron chi connectivity index (χ4n) is 3.26. The van der Waals surface area contributed by atoms with Crippen molar-refractivity contribution in [2.75, 3.05) is 6.54 Å². The molecule has 0 aromatic carbocycles. The summed E-state index contributed by atoms with van der Waals surface area (Å²) in [6.07, 6.45) is 7.32. The number of hydrogen-bond acceptors (Lipinski definition) is 2. The maximum Gasteiger partial charge on any atom is 0.0954 e. The normalized spacial score (nSPS) is 28.6. The Kier molecular flexibility index (Phi) is 4.44. The summed E-state index contributed by atoms with van der Waals surface area (Å²) in [5, 5.41) is 3.67. The Morgan fingerprint density at radius 2 is 2.11 bits per heavy atom. The van der Waals surface area contributed by atoms with Crippen LogP contribution in [-0.4, -0.2) is 22.1 Å². The van der Waals surface area contributed by atoms with E-state index in [-0.39, 0.29) is 0 Å². The van der Waals surface area contributed by atoms with Crippen LogP contribution in [0.2, 0.25) is 0 Å². The van der Waals surface area contributed by atoms with Crippen LogP contribution in [-0.2, 0) is 0 Å². The molecule has 0 saturated heterocycles. The zero-order valence-corrected chi connectivity index (χ0v) is 12.2. The third-order valence-electron chi connectivity index (χ3n) is 4.61. The Labute approximate surface area is 111 Å². The number of imidazole rings is 1. The quantitative estimate of drug-likeness (QED) is 0.888. The maximum atomic E-state index is 4.47. The number of likely N-dealkylation sites (N-methyl/N-ethyl adjacent to an activating group) is 1. The first kappa shape index (κ1) is 13.6. The van der Waals surface area contributed by atoms with Crippen LogP contribution in [0, 0.1) is 19.8 Å². The molecule has 102 valence electrons. The molecule has 1 aliphatic carbocycles. The zero-order chi connectivity index (χ0) is 13.1. The SMILES string of the molecule is CCNC1CCC(CC)CC1n1cnc(C)c1C. The Hall–Kier alpha value is -0.830. The van der Waals surface area contributed by atoms with Gasteiger partial charge in [-0.1, -0.05) is 20.3 Å². The van der Waals surface area contributed by atoms with Gasteiger partial charge in [0.05, 0.1) is 18.1 Å². The molecule has 3 heteroatoms. The molecular weight excluding hydrogens is 222 g/mol. The summed E-state index contributed by atoms with van der Waals surface area (Å²) in [7, 11) is 0. The summed E-state index contributed by atoms with van der Waals surface area (Å²) in [6, 6.07) is 1.20. The van der Waals surface area contributed by atoms with Crippen molar-refractivity contribution in [2.24, 2.45) is 5.92 Å². The van der Waals surface area contributed by atoms with Gasteiger partial charge in [0.15, 0.2) is 0 Å². The summed E-state index contributed by atoms with van der Waals surface area (Å²) < 4.78 is 2.41. The van der Waals surface area contributed by atoms with E-state index in [1.54, 1.807) is 0 Å². The molecule has 3 nitrogen and oxygen atoms in total. The molecule has 1 N–H and O–H groups in total. The Bertz CT molecular complexity index is 383.